The molecule has 1 aliphatic rings. The van der Waals surface area contributed by atoms with Crippen LogP contribution >= 0.6 is 0 Å². The van der Waals surface area contributed by atoms with Crippen LogP contribution in [-0.2, 0) is 24.3 Å². The van der Waals surface area contributed by atoms with Gasteiger partial charge in [0.25, 0.3) is 5.91 Å². The quantitative estimate of drug-likeness (QED) is 0.721. The van der Waals surface area contributed by atoms with E-state index in [0.29, 0.717) is 13.2 Å². The number of likely N-dealkylation sites (N-methyl/N-ethyl adjacent to an activating group) is 1. The van der Waals surface area contributed by atoms with Gasteiger partial charge in [0.05, 0.1) is 13.2 Å². The van der Waals surface area contributed by atoms with E-state index < -0.39 is 22.1 Å². The first-order valence-electron chi connectivity index (χ1n) is 7.42. The molecule has 2 heterocycles. The van der Waals surface area contributed by atoms with Gasteiger partial charge in [-0.1, -0.05) is 0 Å². The second-order valence-electron chi connectivity index (χ2n) is 5.55. The summed E-state index contributed by atoms with van der Waals surface area (Å²) in [6, 6.07) is 1.21. The molecule has 134 valence electrons. The lowest BCUT2D eigenvalue weighted by Gasteiger charge is -2.25. The smallest absolute Gasteiger partial charge is 0.355 e. The molecular formula is C14H21N3O6S. The number of sulfonamides is 1. The Morgan fingerprint density at radius 3 is 2.54 bits per heavy atom. The Hall–Kier alpha value is -1.91. The van der Waals surface area contributed by atoms with Crippen LogP contribution in [0.2, 0.25) is 0 Å². The minimum absolute atomic E-state index is 0.0251. The Morgan fingerprint density at radius 1 is 1.33 bits per heavy atom. The van der Waals surface area contributed by atoms with E-state index in [2.05, 4.69) is 4.98 Å². The van der Waals surface area contributed by atoms with Crippen molar-refractivity contribution in [3.05, 3.63) is 18.0 Å². The number of aromatic nitrogens is 1. The first-order chi connectivity index (χ1) is 11.2. The number of ether oxygens (including phenoxy) is 2. The molecule has 10 heteroatoms. The monoisotopic (exact) mass is 359 g/mol. The van der Waals surface area contributed by atoms with Crippen LogP contribution in [0.1, 0.15) is 17.4 Å². The predicted molar refractivity (Wildman–Crippen MR) is 83.9 cm³/mol. The van der Waals surface area contributed by atoms with Crippen LogP contribution in [0.3, 0.4) is 0 Å². The normalized spacial score (nSPS) is 17.3. The van der Waals surface area contributed by atoms with Crippen molar-refractivity contribution in [3.8, 4) is 0 Å². The number of hydrogen-bond acceptors (Lipinski definition) is 6. The number of carbonyl (C=O) groups excluding carboxylic acids is 2. The number of H-pyrrole nitrogens is 1. The average molecular weight is 359 g/mol. The molecule has 1 amide bonds. The fourth-order valence-corrected chi connectivity index (χ4v) is 3.62. The Bertz CT molecular complexity index is 706. The number of esters is 1. The second kappa shape index (κ2) is 7.32. The number of hydrogen-bond donors (Lipinski definition) is 1. The van der Waals surface area contributed by atoms with Gasteiger partial charge in [-0.05, 0) is 13.0 Å². The van der Waals surface area contributed by atoms with E-state index in [0.717, 1.165) is 0 Å². The molecule has 1 fully saturated rings. The number of aromatic amines is 1. The first-order valence-corrected chi connectivity index (χ1v) is 8.86. The zero-order valence-electron chi connectivity index (χ0n) is 13.8. The van der Waals surface area contributed by atoms with Gasteiger partial charge < -0.3 is 19.4 Å². The number of morpholine rings is 1. The SMILES string of the molecule is CC(OC(=O)c1cc(S(=O)(=O)N2CCOCC2)c[nH]1)C(=O)N(C)C. The molecule has 1 N–H and O–H groups in total. The van der Waals surface area contributed by atoms with Gasteiger partial charge in [0.15, 0.2) is 6.10 Å². The fraction of sp³-hybridized carbons (Fsp3) is 0.571. The summed E-state index contributed by atoms with van der Waals surface area (Å²) >= 11 is 0. The Morgan fingerprint density at radius 2 is 1.96 bits per heavy atom. The van der Waals surface area contributed by atoms with Crippen LogP contribution in [0.15, 0.2) is 17.2 Å². The molecule has 0 aliphatic carbocycles. The van der Waals surface area contributed by atoms with Crippen LogP contribution in [0.5, 0.6) is 0 Å². The van der Waals surface area contributed by atoms with Crippen molar-refractivity contribution >= 4 is 21.9 Å². The van der Waals surface area contributed by atoms with Crippen LogP contribution in [0.25, 0.3) is 0 Å². The van der Waals surface area contributed by atoms with Crippen molar-refractivity contribution in [2.75, 3.05) is 40.4 Å². The summed E-state index contributed by atoms with van der Waals surface area (Å²) in [5.74, 6) is -1.16. The summed E-state index contributed by atoms with van der Waals surface area (Å²) in [6.45, 7) is 2.66. The molecule has 0 bridgehead atoms. The third-order valence-electron chi connectivity index (χ3n) is 3.56. The summed E-state index contributed by atoms with van der Waals surface area (Å²) in [4.78, 5) is 27.6. The number of rotatable bonds is 5. The highest BCUT2D eigenvalue weighted by molar-refractivity contribution is 7.89. The van der Waals surface area contributed by atoms with Gasteiger partial charge in [-0.2, -0.15) is 4.31 Å². The van der Waals surface area contributed by atoms with Crippen molar-refractivity contribution in [1.82, 2.24) is 14.2 Å². The molecular weight excluding hydrogens is 338 g/mol. The zero-order valence-corrected chi connectivity index (χ0v) is 14.6. The summed E-state index contributed by atoms with van der Waals surface area (Å²) < 4.78 is 36.4. The maximum atomic E-state index is 12.5. The van der Waals surface area contributed by atoms with E-state index in [4.69, 9.17) is 9.47 Å². The van der Waals surface area contributed by atoms with Gasteiger partial charge in [-0.3, -0.25) is 4.79 Å². The average Bonchev–Trinajstić information content (AvgIpc) is 3.05. The molecule has 1 aromatic rings. The molecule has 1 aliphatic heterocycles. The lowest BCUT2D eigenvalue weighted by Crippen LogP contribution is -2.40. The maximum Gasteiger partial charge on any atom is 0.355 e. The maximum absolute atomic E-state index is 12.5. The third-order valence-corrected chi connectivity index (χ3v) is 5.43. The van der Waals surface area contributed by atoms with Crippen molar-refractivity contribution < 1.29 is 27.5 Å². The minimum Gasteiger partial charge on any atom is -0.448 e. The highest BCUT2D eigenvalue weighted by Gasteiger charge is 2.29. The van der Waals surface area contributed by atoms with Gasteiger partial charge in [0, 0.05) is 33.4 Å². The van der Waals surface area contributed by atoms with E-state index >= 15 is 0 Å². The Kier molecular flexibility index (Phi) is 5.62. The summed E-state index contributed by atoms with van der Waals surface area (Å²) in [5.41, 5.74) is -0.0276. The second-order valence-corrected chi connectivity index (χ2v) is 7.48. The molecule has 2 rings (SSSR count). The van der Waals surface area contributed by atoms with Crippen molar-refractivity contribution in [2.45, 2.75) is 17.9 Å². The standard InChI is InChI=1S/C14H21N3O6S/c1-10(13(18)16(2)3)23-14(19)12-8-11(9-15-12)24(20,21)17-4-6-22-7-5-17/h8-10,15H,4-7H2,1-3H3. The van der Waals surface area contributed by atoms with Gasteiger partial charge in [-0.15, -0.1) is 0 Å². The van der Waals surface area contributed by atoms with Crippen molar-refractivity contribution in [3.63, 3.8) is 0 Å². The van der Waals surface area contributed by atoms with E-state index in [1.165, 1.54) is 28.4 Å². The lowest BCUT2D eigenvalue weighted by atomic mass is 10.3. The molecule has 0 aromatic carbocycles. The molecule has 0 radical (unpaired) electrons. The predicted octanol–water partition coefficient (Wildman–Crippen LogP) is -0.331. The largest absolute Gasteiger partial charge is 0.448 e. The van der Waals surface area contributed by atoms with E-state index in [9.17, 15) is 18.0 Å². The number of amides is 1. The number of carbonyl (C=O) groups is 2. The molecule has 0 saturated carbocycles. The Labute approximate surface area is 140 Å². The number of nitrogens with one attached hydrogen (secondary N) is 1. The van der Waals surface area contributed by atoms with E-state index in [1.807, 2.05) is 0 Å². The van der Waals surface area contributed by atoms with E-state index in [-0.39, 0.29) is 29.6 Å². The molecule has 9 nitrogen and oxygen atoms in total. The van der Waals surface area contributed by atoms with Crippen molar-refractivity contribution in [2.24, 2.45) is 0 Å². The minimum atomic E-state index is -3.69. The molecule has 0 spiro atoms. The molecule has 1 unspecified atom stereocenters. The first kappa shape index (κ1) is 18.4. The number of nitrogens with zero attached hydrogens (tertiary/aromatic N) is 2. The summed E-state index contributed by atoms with van der Waals surface area (Å²) in [6.07, 6.45) is 0.273. The molecule has 1 aromatic heterocycles. The summed E-state index contributed by atoms with van der Waals surface area (Å²) in [7, 11) is -0.594. The topological polar surface area (TPSA) is 109 Å². The highest BCUT2D eigenvalue weighted by atomic mass is 32.2. The lowest BCUT2D eigenvalue weighted by molar-refractivity contribution is -0.137. The highest BCUT2D eigenvalue weighted by Crippen LogP contribution is 2.18. The third kappa shape index (κ3) is 3.94. The fourth-order valence-electron chi connectivity index (χ4n) is 2.22. The van der Waals surface area contributed by atoms with Crippen LogP contribution in [0.4, 0.5) is 0 Å². The van der Waals surface area contributed by atoms with Gasteiger partial charge >= 0.3 is 5.97 Å². The van der Waals surface area contributed by atoms with Gasteiger partial charge in [0.2, 0.25) is 10.0 Å². The van der Waals surface area contributed by atoms with Crippen molar-refractivity contribution in [1.29, 1.82) is 0 Å². The van der Waals surface area contributed by atoms with Crippen LogP contribution in [0, 0.1) is 0 Å². The Balaban J connectivity index is 2.09. The zero-order chi connectivity index (χ0) is 17.9. The van der Waals surface area contributed by atoms with Crippen LogP contribution in [-0.4, -0.2) is 81.0 Å². The van der Waals surface area contributed by atoms with Gasteiger partial charge in [0.1, 0.15) is 10.6 Å². The summed E-state index contributed by atoms with van der Waals surface area (Å²) in [5, 5.41) is 0. The van der Waals surface area contributed by atoms with E-state index in [1.54, 1.807) is 14.1 Å². The molecule has 1 saturated heterocycles. The molecule has 1 atom stereocenters. The van der Waals surface area contributed by atoms with Crippen LogP contribution < -0.4 is 0 Å². The molecule has 24 heavy (non-hydrogen) atoms. The van der Waals surface area contributed by atoms with Gasteiger partial charge in [-0.25, -0.2) is 13.2 Å².